The Labute approximate surface area is 165 Å². The molecule has 1 amide bonds. The number of hydrogen-bond acceptors (Lipinski definition) is 6. The summed E-state index contributed by atoms with van der Waals surface area (Å²) in [5.41, 5.74) is 2.62. The molecule has 0 atom stereocenters. The Morgan fingerprint density at radius 2 is 1.90 bits per heavy atom. The lowest BCUT2D eigenvalue weighted by atomic mass is 10.2. The van der Waals surface area contributed by atoms with Crippen molar-refractivity contribution in [3.05, 3.63) is 68.7 Å². The first-order chi connectivity index (χ1) is 13.9. The van der Waals surface area contributed by atoms with Crippen LogP contribution in [-0.2, 0) is 11.3 Å². The molecular formula is C20H20N4O5. The van der Waals surface area contributed by atoms with Gasteiger partial charge in [-0.25, -0.2) is 4.79 Å². The van der Waals surface area contributed by atoms with Gasteiger partial charge in [0.1, 0.15) is 6.54 Å². The van der Waals surface area contributed by atoms with Crippen LogP contribution in [-0.4, -0.2) is 46.5 Å². The molecule has 9 nitrogen and oxygen atoms in total. The first kappa shape index (κ1) is 18.7. The minimum Gasteiger partial charge on any atom is -0.407 e. The SMILES string of the molecule is Cc1cccc(N2CCN(C(=O)Cn3c(=O)oc4cc([N+](=O)[O-])ccc43)CC2)c1. The number of piperazine rings is 1. The Balaban J connectivity index is 1.46. The predicted molar refractivity (Wildman–Crippen MR) is 107 cm³/mol. The van der Waals surface area contributed by atoms with Crippen LogP contribution in [0.2, 0.25) is 0 Å². The van der Waals surface area contributed by atoms with E-state index in [-0.39, 0.29) is 23.7 Å². The van der Waals surface area contributed by atoms with E-state index in [4.69, 9.17) is 4.42 Å². The number of nitro benzene ring substituents is 1. The van der Waals surface area contributed by atoms with Crippen molar-refractivity contribution >= 4 is 28.4 Å². The van der Waals surface area contributed by atoms with Gasteiger partial charge in [0.15, 0.2) is 5.58 Å². The van der Waals surface area contributed by atoms with E-state index >= 15 is 0 Å². The van der Waals surface area contributed by atoms with Crippen LogP contribution < -0.4 is 10.7 Å². The molecule has 150 valence electrons. The number of amides is 1. The molecule has 0 bridgehead atoms. The van der Waals surface area contributed by atoms with Gasteiger partial charge in [-0.05, 0) is 30.7 Å². The van der Waals surface area contributed by atoms with Crippen molar-refractivity contribution < 1.29 is 14.1 Å². The second-order valence-corrected chi connectivity index (χ2v) is 7.07. The Bertz CT molecular complexity index is 1140. The third kappa shape index (κ3) is 3.71. The van der Waals surface area contributed by atoms with Gasteiger partial charge in [-0.3, -0.25) is 19.5 Å². The van der Waals surface area contributed by atoms with E-state index in [9.17, 15) is 19.7 Å². The maximum atomic E-state index is 12.7. The van der Waals surface area contributed by atoms with Crippen molar-refractivity contribution in [1.29, 1.82) is 0 Å². The summed E-state index contributed by atoms with van der Waals surface area (Å²) in [6.07, 6.45) is 0. The highest BCUT2D eigenvalue weighted by Gasteiger charge is 2.23. The smallest absolute Gasteiger partial charge is 0.407 e. The van der Waals surface area contributed by atoms with Gasteiger partial charge in [0.05, 0.1) is 16.5 Å². The zero-order valence-electron chi connectivity index (χ0n) is 15.9. The third-order valence-corrected chi connectivity index (χ3v) is 5.16. The van der Waals surface area contributed by atoms with Crippen molar-refractivity contribution in [2.75, 3.05) is 31.1 Å². The summed E-state index contributed by atoms with van der Waals surface area (Å²) in [7, 11) is 0. The van der Waals surface area contributed by atoms with E-state index in [1.165, 1.54) is 28.3 Å². The predicted octanol–water partition coefficient (Wildman–Crippen LogP) is 2.16. The molecule has 2 heterocycles. The number of oxazole rings is 1. The fourth-order valence-electron chi connectivity index (χ4n) is 3.59. The van der Waals surface area contributed by atoms with Gasteiger partial charge in [-0.2, -0.15) is 0 Å². The van der Waals surface area contributed by atoms with Crippen molar-refractivity contribution in [3.8, 4) is 0 Å². The minimum absolute atomic E-state index is 0.0984. The molecule has 0 N–H and O–H groups in total. The van der Waals surface area contributed by atoms with Crippen LogP contribution in [0.3, 0.4) is 0 Å². The van der Waals surface area contributed by atoms with Crippen LogP contribution >= 0.6 is 0 Å². The average Bonchev–Trinajstić information content (AvgIpc) is 3.02. The van der Waals surface area contributed by atoms with Crippen molar-refractivity contribution in [3.63, 3.8) is 0 Å². The highest BCUT2D eigenvalue weighted by molar-refractivity contribution is 5.81. The molecule has 3 aromatic rings. The molecule has 1 fully saturated rings. The second-order valence-electron chi connectivity index (χ2n) is 7.07. The number of nitro groups is 1. The van der Waals surface area contributed by atoms with Crippen molar-refractivity contribution in [2.24, 2.45) is 0 Å². The van der Waals surface area contributed by atoms with Crippen LogP contribution in [0, 0.1) is 17.0 Å². The highest BCUT2D eigenvalue weighted by Crippen LogP contribution is 2.21. The van der Waals surface area contributed by atoms with E-state index in [1.807, 2.05) is 19.1 Å². The molecule has 1 aliphatic heterocycles. The number of aryl methyl sites for hydroxylation is 1. The summed E-state index contributed by atoms with van der Waals surface area (Å²) in [6.45, 7) is 4.43. The molecule has 0 saturated carbocycles. The van der Waals surface area contributed by atoms with Gasteiger partial charge in [-0.15, -0.1) is 0 Å². The van der Waals surface area contributed by atoms with Gasteiger partial charge < -0.3 is 14.2 Å². The largest absolute Gasteiger partial charge is 0.420 e. The number of carbonyl (C=O) groups excluding carboxylic acids is 1. The molecule has 0 unspecified atom stereocenters. The Morgan fingerprint density at radius 3 is 2.59 bits per heavy atom. The first-order valence-electron chi connectivity index (χ1n) is 9.29. The van der Waals surface area contributed by atoms with E-state index in [0.717, 1.165) is 5.69 Å². The number of carbonyl (C=O) groups is 1. The number of hydrogen-bond donors (Lipinski definition) is 0. The number of nitrogens with zero attached hydrogens (tertiary/aromatic N) is 4. The molecule has 1 aliphatic rings. The summed E-state index contributed by atoms with van der Waals surface area (Å²) in [6, 6.07) is 12.2. The summed E-state index contributed by atoms with van der Waals surface area (Å²) < 4.78 is 6.30. The Hall–Kier alpha value is -3.62. The molecular weight excluding hydrogens is 376 g/mol. The Morgan fingerprint density at radius 1 is 1.14 bits per heavy atom. The van der Waals surface area contributed by atoms with Gasteiger partial charge in [0.2, 0.25) is 5.91 Å². The number of non-ortho nitro benzene ring substituents is 1. The molecule has 4 rings (SSSR count). The standard InChI is InChI=1S/C20H20N4O5/c1-14-3-2-4-15(11-14)21-7-9-22(10-8-21)19(25)13-23-17-6-5-16(24(27)28)12-18(17)29-20(23)26/h2-6,11-12H,7-10,13H2,1H3. The molecule has 29 heavy (non-hydrogen) atoms. The first-order valence-corrected chi connectivity index (χ1v) is 9.29. The summed E-state index contributed by atoms with van der Waals surface area (Å²) in [5.74, 6) is -0.885. The molecule has 0 aliphatic carbocycles. The highest BCUT2D eigenvalue weighted by atomic mass is 16.6. The Kier molecular flexibility index (Phi) is 4.79. The van der Waals surface area contributed by atoms with E-state index < -0.39 is 10.7 Å². The lowest BCUT2D eigenvalue weighted by Gasteiger charge is -2.36. The van der Waals surface area contributed by atoms with E-state index in [0.29, 0.717) is 31.7 Å². The lowest BCUT2D eigenvalue weighted by molar-refractivity contribution is -0.384. The summed E-state index contributed by atoms with van der Waals surface area (Å²) >= 11 is 0. The van der Waals surface area contributed by atoms with Crippen LogP contribution in [0.15, 0.2) is 51.7 Å². The van der Waals surface area contributed by atoms with Gasteiger partial charge in [0.25, 0.3) is 5.69 Å². The molecule has 0 radical (unpaired) electrons. The quantitative estimate of drug-likeness (QED) is 0.495. The number of aromatic nitrogens is 1. The number of anilines is 1. The van der Waals surface area contributed by atoms with Crippen molar-refractivity contribution in [2.45, 2.75) is 13.5 Å². The molecule has 9 heteroatoms. The third-order valence-electron chi connectivity index (χ3n) is 5.16. The summed E-state index contributed by atoms with van der Waals surface area (Å²) in [4.78, 5) is 39.2. The summed E-state index contributed by atoms with van der Waals surface area (Å²) in [5, 5.41) is 10.9. The van der Waals surface area contributed by atoms with Gasteiger partial charge in [0, 0.05) is 37.9 Å². The van der Waals surface area contributed by atoms with Crippen LogP contribution in [0.25, 0.3) is 11.1 Å². The average molecular weight is 396 g/mol. The maximum Gasteiger partial charge on any atom is 0.420 e. The molecule has 2 aromatic carbocycles. The fourth-order valence-corrected chi connectivity index (χ4v) is 3.59. The molecule has 1 aromatic heterocycles. The zero-order valence-corrected chi connectivity index (χ0v) is 15.9. The van der Waals surface area contributed by atoms with E-state index in [2.05, 4.69) is 17.0 Å². The number of rotatable bonds is 4. The minimum atomic E-state index is -0.702. The topological polar surface area (TPSA) is 102 Å². The van der Waals surface area contributed by atoms with E-state index in [1.54, 1.807) is 4.90 Å². The van der Waals surface area contributed by atoms with Crippen LogP contribution in [0.4, 0.5) is 11.4 Å². The fraction of sp³-hybridized carbons (Fsp3) is 0.300. The van der Waals surface area contributed by atoms with Gasteiger partial charge >= 0.3 is 5.76 Å². The number of benzene rings is 2. The van der Waals surface area contributed by atoms with Crippen LogP contribution in [0.1, 0.15) is 5.56 Å². The molecule has 0 spiro atoms. The monoisotopic (exact) mass is 396 g/mol. The number of fused-ring (bicyclic) bond motifs is 1. The lowest BCUT2D eigenvalue weighted by Crippen LogP contribution is -2.50. The molecule has 1 saturated heterocycles. The second kappa shape index (κ2) is 7.42. The maximum absolute atomic E-state index is 12.7. The van der Waals surface area contributed by atoms with Gasteiger partial charge in [-0.1, -0.05) is 12.1 Å². The van der Waals surface area contributed by atoms with Crippen LogP contribution in [0.5, 0.6) is 0 Å². The zero-order chi connectivity index (χ0) is 20.5. The van der Waals surface area contributed by atoms with Crippen molar-refractivity contribution in [1.82, 2.24) is 9.47 Å². The normalized spacial score (nSPS) is 14.4.